The van der Waals surface area contributed by atoms with Crippen LogP contribution < -0.4 is 5.32 Å². The Morgan fingerprint density at radius 2 is 1.73 bits per heavy atom. The van der Waals surface area contributed by atoms with Crippen LogP contribution in [0.3, 0.4) is 0 Å². The summed E-state index contributed by atoms with van der Waals surface area (Å²) in [5.41, 5.74) is 3.05. The maximum Gasteiger partial charge on any atom is 0.245 e. The smallest absolute Gasteiger partial charge is 0.245 e. The normalized spacial score (nSPS) is 19.0. The molecule has 7 nitrogen and oxygen atoms in total. The molecular formula is C25H28FN5O2. The number of carbonyl (C=O) groups is 2. The lowest BCUT2D eigenvalue weighted by atomic mass is 9.95. The summed E-state index contributed by atoms with van der Waals surface area (Å²) in [6.07, 6.45) is 1.47. The molecule has 4 rings (SSSR count). The van der Waals surface area contributed by atoms with Crippen LogP contribution in [0.5, 0.6) is 0 Å². The quantitative estimate of drug-likeness (QED) is 0.601. The lowest BCUT2D eigenvalue weighted by Crippen LogP contribution is -2.48. The summed E-state index contributed by atoms with van der Waals surface area (Å²) in [4.78, 5) is 31.3. The van der Waals surface area contributed by atoms with Crippen LogP contribution in [-0.2, 0) is 16.1 Å². The third-order valence-corrected chi connectivity index (χ3v) is 5.99. The standard InChI is InChI=1S/C25H28FN5O2/c1-17(2)18-8-10-20(11-9-18)24(19-6-4-3-5-7-19)29-25(33)22-12-21(26)13-31(22)23(32)14-30-16-27-15-28-30/h3-11,15-17,21-22,24H,12-14H2,1-2H3,(H,29,33)/t21-,22+,24+/m1/s1. The van der Waals surface area contributed by atoms with Gasteiger partial charge in [-0.1, -0.05) is 68.4 Å². The van der Waals surface area contributed by atoms with Crippen LogP contribution in [0.25, 0.3) is 0 Å². The van der Waals surface area contributed by atoms with Gasteiger partial charge in [0, 0.05) is 6.42 Å². The largest absolute Gasteiger partial charge is 0.343 e. The number of aromatic nitrogens is 3. The van der Waals surface area contributed by atoms with E-state index in [0.29, 0.717) is 5.92 Å². The molecule has 0 spiro atoms. The minimum Gasteiger partial charge on any atom is -0.343 e. The maximum atomic E-state index is 14.3. The number of rotatable bonds is 7. The van der Waals surface area contributed by atoms with Crippen molar-refractivity contribution >= 4 is 11.8 Å². The van der Waals surface area contributed by atoms with Crippen LogP contribution in [-0.4, -0.2) is 50.2 Å². The summed E-state index contributed by atoms with van der Waals surface area (Å²) in [6.45, 7) is 4.06. The van der Waals surface area contributed by atoms with Crippen molar-refractivity contribution in [1.29, 1.82) is 0 Å². The lowest BCUT2D eigenvalue weighted by molar-refractivity contribution is -0.139. The van der Waals surface area contributed by atoms with E-state index in [2.05, 4.69) is 41.4 Å². The van der Waals surface area contributed by atoms with Gasteiger partial charge in [-0.3, -0.25) is 9.59 Å². The van der Waals surface area contributed by atoms with E-state index < -0.39 is 18.3 Å². The van der Waals surface area contributed by atoms with Crippen molar-refractivity contribution in [3.8, 4) is 0 Å². The van der Waals surface area contributed by atoms with Gasteiger partial charge in [-0.05, 0) is 22.6 Å². The molecule has 1 aliphatic heterocycles. The van der Waals surface area contributed by atoms with E-state index in [9.17, 15) is 14.0 Å². The number of halogens is 1. The first-order valence-electron chi connectivity index (χ1n) is 11.1. The van der Waals surface area contributed by atoms with Crippen molar-refractivity contribution in [2.24, 2.45) is 0 Å². The summed E-state index contributed by atoms with van der Waals surface area (Å²) in [5, 5.41) is 7.00. The third-order valence-electron chi connectivity index (χ3n) is 5.99. The Hall–Kier alpha value is -3.55. The number of hydrogen-bond donors (Lipinski definition) is 1. The van der Waals surface area contributed by atoms with E-state index in [1.807, 2.05) is 42.5 Å². The molecule has 1 aliphatic rings. The van der Waals surface area contributed by atoms with Gasteiger partial charge in [-0.2, -0.15) is 5.10 Å². The maximum absolute atomic E-state index is 14.3. The number of carbonyl (C=O) groups excluding carboxylic acids is 2. The van der Waals surface area contributed by atoms with E-state index >= 15 is 0 Å². The number of hydrogen-bond acceptors (Lipinski definition) is 4. The minimum absolute atomic E-state index is 0.0251. The third kappa shape index (κ3) is 5.27. The van der Waals surface area contributed by atoms with E-state index in [1.54, 1.807) is 0 Å². The second kappa shape index (κ2) is 9.94. The summed E-state index contributed by atoms with van der Waals surface area (Å²) >= 11 is 0. The Morgan fingerprint density at radius 3 is 2.36 bits per heavy atom. The van der Waals surface area contributed by atoms with Crippen LogP contribution >= 0.6 is 0 Å². The van der Waals surface area contributed by atoms with Gasteiger partial charge in [0.2, 0.25) is 11.8 Å². The average molecular weight is 450 g/mol. The van der Waals surface area contributed by atoms with Gasteiger partial charge in [0.15, 0.2) is 0 Å². The van der Waals surface area contributed by atoms with Gasteiger partial charge in [0.05, 0.1) is 12.6 Å². The summed E-state index contributed by atoms with van der Waals surface area (Å²) in [7, 11) is 0. The number of alkyl halides is 1. The topological polar surface area (TPSA) is 80.1 Å². The van der Waals surface area contributed by atoms with Gasteiger partial charge in [0.1, 0.15) is 31.4 Å². The van der Waals surface area contributed by atoms with Crippen LogP contribution in [0.2, 0.25) is 0 Å². The predicted molar refractivity (Wildman–Crippen MR) is 122 cm³/mol. The Labute approximate surface area is 192 Å². The van der Waals surface area contributed by atoms with Gasteiger partial charge in [-0.15, -0.1) is 0 Å². The fourth-order valence-corrected chi connectivity index (χ4v) is 4.17. The van der Waals surface area contributed by atoms with Crippen LogP contribution in [0.4, 0.5) is 4.39 Å². The average Bonchev–Trinajstić information content (AvgIpc) is 3.47. The molecule has 172 valence electrons. The SMILES string of the molecule is CC(C)c1ccc([C@@H](NC(=O)[C@@H]2C[C@@H](F)CN2C(=O)Cn2cncn2)c2ccccc2)cc1. The monoisotopic (exact) mass is 449 g/mol. The first-order chi connectivity index (χ1) is 15.9. The molecule has 3 aromatic rings. The molecule has 0 saturated carbocycles. The Bertz CT molecular complexity index is 1070. The molecule has 2 aromatic carbocycles. The lowest BCUT2D eigenvalue weighted by Gasteiger charge is -2.27. The van der Waals surface area contributed by atoms with Gasteiger partial charge in [-0.25, -0.2) is 14.1 Å². The van der Waals surface area contributed by atoms with Crippen molar-refractivity contribution in [3.63, 3.8) is 0 Å². The fraction of sp³-hybridized carbons (Fsp3) is 0.360. The van der Waals surface area contributed by atoms with Crippen molar-refractivity contribution < 1.29 is 14.0 Å². The molecule has 1 fully saturated rings. The van der Waals surface area contributed by atoms with Crippen molar-refractivity contribution in [2.45, 2.75) is 51.0 Å². The highest BCUT2D eigenvalue weighted by Crippen LogP contribution is 2.27. The molecule has 0 bridgehead atoms. The zero-order chi connectivity index (χ0) is 23.4. The van der Waals surface area contributed by atoms with Crippen LogP contribution in [0.15, 0.2) is 67.3 Å². The molecule has 1 N–H and O–H groups in total. The molecule has 1 aromatic heterocycles. The molecule has 0 radical (unpaired) electrons. The second-order valence-electron chi connectivity index (χ2n) is 8.66. The molecule has 8 heteroatoms. The van der Waals surface area contributed by atoms with E-state index in [-0.39, 0.29) is 31.3 Å². The highest BCUT2D eigenvalue weighted by atomic mass is 19.1. The van der Waals surface area contributed by atoms with Gasteiger partial charge in [0.25, 0.3) is 0 Å². The Balaban J connectivity index is 1.56. The van der Waals surface area contributed by atoms with Crippen molar-refractivity contribution in [3.05, 3.63) is 83.9 Å². The van der Waals surface area contributed by atoms with E-state index in [1.165, 1.54) is 27.8 Å². The summed E-state index contributed by atoms with van der Waals surface area (Å²) in [5.74, 6) is -0.337. The molecule has 33 heavy (non-hydrogen) atoms. The molecule has 0 aliphatic carbocycles. The zero-order valence-corrected chi connectivity index (χ0v) is 18.8. The van der Waals surface area contributed by atoms with Crippen LogP contribution in [0, 0.1) is 0 Å². The van der Waals surface area contributed by atoms with Gasteiger partial charge < -0.3 is 10.2 Å². The summed E-state index contributed by atoms with van der Waals surface area (Å²) < 4.78 is 15.7. The number of likely N-dealkylation sites (tertiary alicyclic amines) is 1. The minimum atomic E-state index is -1.25. The number of benzene rings is 2. The highest BCUT2D eigenvalue weighted by Gasteiger charge is 2.40. The number of amides is 2. The first kappa shape index (κ1) is 22.6. The molecule has 3 atom stereocenters. The fourth-order valence-electron chi connectivity index (χ4n) is 4.17. The Morgan fingerprint density at radius 1 is 1.06 bits per heavy atom. The second-order valence-corrected chi connectivity index (χ2v) is 8.66. The molecule has 2 heterocycles. The van der Waals surface area contributed by atoms with Crippen molar-refractivity contribution in [2.75, 3.05) is 6.54 Å². The highest BCUT2D eigenvalue weighted by molar-refractivity contribution is 5.88. The Kier molecular flexibility index (Phi) is 6.82. The zero-order valence-electron chi connectivity index (χ0n) is 18.8. The molecule has 1 saturated heterocycles. The predicted octanol–water partition coefficient (Wildman–Crippen LogP) is 3.25. The number of nitrogens with one attached hydrogen (secondary N) is 1. The van der Waals surface area contributed by atoms with E-state index in [0.717, 1.165) is 11.1 Å². The first-order valence-corrected chi connectivity index (χ1v) is 11.1. The molecule has 2 amide bonds. The summed E-state index contributed by atoms with van der Waals surface area (Å²) in [6, 6.07) is 16.5. The molecular weight excluding hydrogens is 421 g/mol. The molecule has 0 unspecified atom stereocenters. The van der Waals surface area contributed by atoms with Crippen molar-refractivity contribution in [1.82, 2.24) is 25.0 Å². The van der Waals surface area contributed by atoms with E-state index in [4.69, 9.17) is 0 Å². The van der Waals surface area contributed by atoms with Crippen LogP contribution in [0.1, 0.15) is 48.9 Å². The number of nitrogens with zero attached hydrogens (tertiary/aromatic N) is 4. The van der Waals surface area contributed by atoms with Gasteiger partial charge >= 0.3 is 0 Å².